The van der Waals surface area contributed by atoms with Gasteiger partial charge in [-0.15, -0.1) is 0 Å². The fraction of sp³-hybridized carbons (Fsp3) is 0.393. The fourth-order valence-corrected chi connectivity index (χ4v) is 3.88. The number of anilines is 1. The summed E-state index contributed by atoms with van der Waals surface area (Å²) in [6.07, 6.45) is 2.65. The number of nitrogens with one attached hydrogen (secondary N) is 1. The van der Waals surface area contributed by atoms with Crippen LogP contribution in [0.5, 0.6) is 0 Å². The molecule has 35 heavy (non-hydrogen) atoms. The summed E-state index contributed by atoms with van der Waals surface area (Å²) in [7, 11) is 0. The molecule has 0 aliphatic heterocycles. The first-order valence-electron chi connectivity index (χ1n) is 12.2. The van der Waals surface area contributed by atoms with Gasteiger partial charge in [-0.2, -0.15) is 5.10 Å². The lowest BCUT2D eigenvalue weighted by Gasteiger charge is -2.22. The van der Waals surface area contributed by atoms with Gasteiger partial charge in [-0.3, -0.25) is 9.59 Å². The number of nitrogens with zero attached hydrogens (tertiary/aromatic N) is 3. The Balaban J connectivity index is 1.85. The Morgan fingerprint density at radius 2 is 1.74 bits per heavy atom. The van der Waals surface area contributed by atoms with E-state index in [4.69, 9.17) is 16.7 Å². The average Bonchev–Trinajstić information content (AvgIpc) is 3.25. The highest BCUT2D eigenvalue weighted by atomic mass is 35.5. The number of carbonyl (C=O) groups is 2. The minimum Gasteiger partial charge on any atom is -0.329 e. The van der Waals surface area contributed by atoms with Gasteiger partial charge in [0.1, 0.15) is 12.4 Å². The van der Waals surface area contributed by atoms with Gasteiger partial charge in [0.05, 0.1) is 16.4 Å². The van der Waals surface area contributed by atoms with Crippen molar-refractivity contribution in [3.05, 3.63) is 76.4 Å². The lowest BCUT2D eigenvalue weighted by atomic mass is 9.92. The Labute approximate surface area is 213 Å². The molecule has 2 amide bonds. The van der Waals surface area contributed by atoms with Gasteiger partial charge < -0.3 is 10.2 Å². The maximum absolute atomic E-state index is 13.2. The zero-order valence-electron chi connectivity index (χ0n) is 21.3. The smallest absolute Gasteiger partial charge is 0.254 e. The number of benzene rings is 2. The van der Waals surface area contributed by atoms with E-state index >= 15 is 0 Å². The molecular formula is C28H35ClN4O2. The van der Waals surface area contributed by atoms with Gasteiger partial charge in [0.15, 0.2) is 0 Å². The van der Waals surface area contributed by atoms with Gasteiger partial charge in [0.2, 0.25) is 5.91 Å². The molecule has 0 saturated carbocycles. The van der Waals surface area contributed by atoms with Crippen LogP contribution in [0, 0.1) is 0 Å². The van der Waals surface area contributed by atoms with E-state index in [2.05, 4.69) is 39.9 Å². The number of halogens is 1. The van der Waals surface area contributed by atoms with E-state index in [1.54, 1.807) is 15.6 Å². The molecule has 1 heterocycles. The lowest BCUT2D eigenvalue weighted by Crippen LogP contribution is -2.39. The number of hydrogen-bond acceptors (Lipinski definition) is 3. The maximum Gasteiger partial charge on any atom is 0.254 e. The van der Waals surface area contributed by atoms with E-state index in [1.807, 2.05) is 48.5 Å². The van der Waals surface area contributed by atoms with E-state index in [1.165, 1.54) is 5.56 Å². The maximum atomic E-state index is 13.2. The molecule has 186 valence electrons. The molecule has 6 nitrogen and oxygen atoms in total. The van der Waals surface area contributed by atoms with E-state index in [-0.39, 0.29) is 23.8 Å². The van der Waals surface area contributed by atoms with Gasteiger partial charge in [0.25, 0.3) is 5.91 Å². The van der Waals surface area contributed by atoms with E-state index in [0.29, 0.717) is 28.6 Å². The topological polar surface area (TPSA) is 67.2 Å². The summed E-state index contributed by atoms with van der Waals surface area (Å²) in [6, 6.07) is 16.8. The minimum absolute atomic E-state index is 0.0487. The third kappa shape index (κ3) is 6.73. The quantitative estimate of drug-likeness (QED) is 0.381. The van der Waals surface area contributed by atoms with Gasteiger partial charge in [-0.25, -0.2) is 4.68 Å². The first-order valence-corrected chi connectivity index (χ1v) is 12.5. The number of para-hydroxylation sites is 1. The second kappa shape index (κ2) is 11.5. The highest BCUT2D eigenvalue weighted by Gasteiger charge is 2.24. The SMILES string of the molecule is CCCCN(CC(=O)Nc1cc(C(C)(C)C)nn1-c1ccccc1Cl)C(=O)c1ccc(CC)cc1. The van der Waals surface area contributed by atoms with Crippen molar-refractivity contribution < 1.29 is 9.59 Å². The monoisotopic (exact) mass is 494 g/mol. The molecule has 1 N–H and O–H groups in total. The minimum atomic E-state index is -0.284. The van der Waals surface area contributed by atoms with Crippen LogP contribution in [-0.2, 0) is 16.6 Å². The zero-order chi connectivity index (χ0) is 25.6. The summed E-state index contributed by atoms with van der Waals surface area (Å²) < 4.78 is 1.66. The Morgan fingerprint density at radius 1 is 1.06 bits per heavy atom. The van der Waals surface area contributed by atoms with Crippen LogP contribution in [0.2, 0.25) is 5.02 Å². The normalized spacial score (nSPS) is 11.4. The number of aromatic nitrogens is 2. The van der Waals surface area contributed by atoms with Crippen LogP contribution in [-0.4, -0.2) is 39.6 Å². The summed E-state index contributed by atoms with van der Waals surface area (Å²) >= 11 is 6.44. The summed E-state index contributed by atoms with van der Waals surface area (Å²) in [4.78, 5) is 28.0. The Hall–Kier alpha value is -3.12. The number of unbranched alkanes of at least 4 members (excludes halogenated alkanes) is 1. The predicted molar refractivity (Wildman–Crippen MR) is 143 cm³/mol. The molecule has 0 spiro atoms. The van der Waals surface area contributed by atoms with Crippen molar-refractivity contribution in [1.29, 1.82) is 0 Å². The van der Waals surface area contributed by atoms with E-state index in [0.717, 1.165) is 25.0 Å². The Bertz CT molecular complexity index is 1160. The van der Waals surface area contributed by atoms with Gasteiger partial charge >= 0.3 is 0 Å². The molecule has 1 aromatic heterocycles. The first kappa shape index (κ1) is 26.5. The molecule has 0 unspecified atom stereocenters. The molecule has 0 atom stereocenters. The van der Waals surface area contributed by atoms with Crippen LogP contribution in [0.4, 0.5) is 5.82 Å². The van der Waals surface area contributed by atoms with Gasteiger partial charge in [0, 0.05) is 23.6 Å². The zero-order valence-corrected chi connectivity index (χ0v) is 22.0. The second-order valence-electron chi connectivity index (χ2n) is 9.71. The Morgan fingerprint density at radius 3 is 2.34 bits per heavy atom. The van der Waals surface area contributed by atoms with Crippen molar-refractivity contribution >= 4 is 29.2 Å². The molecule has 0 aliphatic rings. The molecule has 7 heteroatoms. The first-order chi connectivity index (χ1) is 16.6. The van der Waals surface area contributed by atoms with Gasteiger partial charge in [-0.1, -0.05) is 76.9 Å². The molecule has 0 fully saturated rings. The summed E-state index contributed by atoms with van der Waals surface area (Å²) in [5, 5.41) is 8.23. The lowest BCUT2D eigenvalue weighted by molar-refractivity contribution is -0.117. The standard InChI is InChI=1S/C28H35ClN4O2/c1-6-8-17-32(27(35)21-15-13-20(7-2)14-16-21)19-26(34)30-25-18-24(28(3,4)5)31-33(25)23-12-10-9-11-22(23)29/h9-16,18H,6-8,17,19H2,1-5H3,(H,30,34). The fourth-order valence-electron chi connectivity index (χ4n) is 3.67. The van der Waals surface area contributed by atoms with Crippen LogP contribution in [0.1, 0.15) is 69.1 Å². The van der Waals surface area contributed by atoms with Crippen molar-refractivity contribution in [3.8, 4) is 5.69 Å². The molecule has 0 saturated heterocycles. The second-order valence-corrected chi connectivity index (χ2v) is 10.1. The molecule has 2 aromatic carbocycles. The van der Waals surface area contributed by atoms with Crippen LogP contribution in [0.3, 0.4) is 0 Å². The highest BCUT2D eigenvalue weighted by Crippen LogP contribution is 2.29. The number of carbonyl (C=O) groups excluding carboxylic acids is 2. The van der Waals surface area contributed by atoms with E-state index < -0.39 is 0 Å². The number of aryl methyl sites for hydroxylation is 1. The van der Waals surface area contributed by atoms with Crippen molar-refractivity contribution in [2.24, 2.45) is 0 Å². The largest absolute Gasteiger partial charge is 0.329 e. The summed E-state index contributed by atoms with van der Waals surface area (Å²) in [5.74, 6) is 0.0859. The molecule has 3 aromatic rings. The molecular weight excluding hydrogens is 460 g/mol. The van der Waals surface area contributed by atoms with Crippen LogP contribution in [0.25, 0.3) is 5.69 Å². The number of hydrogen-bond donors (Lipinski definition) is 1. The van der Waals surface area contributed by atoms with E-state index in [9.17, 15) is 9.59 Å². The Kier molecular flexibility index (Phi) is 8.73. The van der Waals surface area contributed by atoms with Crippen molar-refractivity contribution in [3.63, 3.8) is 0 Å². The van der Waals surface area contributed by atoms with Crippen LogP contribution < -0.4 is 5.32 Å². The number of rotatable bonds is 9. The molecule has 3 rings (SSSR count). The van der Waals surface area contributed by atoms with Crippen molar-refractivity contribution in [2.75, 3.05) is 18.4 Å². The molecule has 0 bridgehead atoms. The third-order valence-electron chi connectivity index (χ3n) is 5.84. The van der Waals surface area contributed by atoms with Crippen LogP contribution in [0.15, 0.2) is 54.6 Å². The van der Waals surface area contributed by atoms with Gasteiger partial charge in [-0.05, 0) is 42.7 Å². The van der Waals surface area contributed by atoms with Crippen molar-refractivity contribution in [1.82, 2.24) is 14.7 Å². The third-order valence-corrected chi connectivity index (χ3v) is 6.16. The predicted octanol–water partition coefficient (Wildman–Crippen LogP) is 6.27. The summed E-state index contributed by atoms with van der Waals surface area (Å²) in [6.45, 7) is 10.8. The van der Waals surface area contributed by atoms with Crippen LogP contribution >= 0.6 is 11.6 Å². The van der Waals surface area contributed by atoms with Crippen molar-refractivity contribution in [2.45, 2.75) is 59.3 Å². The number of amides is 2. The molecule has 0 radical (unpaired) electrons. The average molecular weight is 495 g/mol. The molecule has 0 aliphatic carbocycles. The highest BCUT2D eigenvalue weighted by molar-refractivity contribution is 6.32. The summed E-state index contributed by atoms with van der Waals surface area (Å²) in [5.41, 5.74) is 3.03.